The molecule has 0 saturated heterocycles. The van der Waals surface area contributed by atoms with Crippen LogP contribution in [-0.2, 0) is 11.4 Å². The summed E-state index contributed by atoms with van der Waals surface area (Å²) in [6, 6.07) is 15.0. The Morgan fingerprint density at radius 3 is 2.67 bits per heavy atom. The van der Waals surface area contributed by atoms with Crippen LogP contribution in [0.1, 0.15) is 30.9 Å². The summed E-state index contributed by atoms with van der Waals surface area (Å²) in [5.74, 6) is 0.554. The molecule has 0 radical (unpaired) electrons. The summed E-state index contributed by atoms with van der Waals surface area (Å²) >= 11 is 0. The Morgan fingerprint density at radius 1 is 1.21 bits per heavy atom. The molecule has 1 amide bonds. The molecule has 2 aromatic carbocycles. The Labute approximate surface area is 149 Å². The average molecular weight is 349 g/mol. The van der Waals surface area contributed by atoms with E-state index in [2.05, 4.69) is 18.3 Å². The van der Waals surface area contributed by atoms with Crippen LogP contribution in [0.4, 0.5) is 5.69 Å². The molecule has 5 heteroatoms. The molecule has 0 fully saturated rings. The van der Waals surface area contributed by atoms with Crippen molar-refractivity contribution >= 4 is 24.0 Å². The van der Waals surface area contributed by atoms with E-state index in [-0.39, 0.29) is 18.3 Å². The number of amides is 1. The molecular weight excluding hydrogens is 324 g/mol. The summed E-state index contributed by atoms with van der Waals surface area (Å²) in [6.07, 6.45) is 1.56. The Kier molecular flexibility index (Phi) is 8.30. The molecule has 0 spiro atoms. The number of carbonyl (C=O) groups is 1. The third-order valence-electron chi connectivity index (χ3n) is 3.69. The molecule has 0 aliphatic carbocycles. The van der Waals surface area contributed by atoms with E-state index in [9.17, 15) is 4.79 Å². The number of hydrogen-bond acceptors (Lipinski definition) is 3. The largest absolute Gasteiger partial charge is 0.489 e. The molecule has 2 aromatic rings. The molecule has 0 bridgehead atoms. The summed E-state index contributed by atoms with van der Waals surface area (Å²) in [6.45, 7) is 4.57. The van der Waals surface area contributed by atoms with Gasteiger partial charge in [-0.25, -0.2) is 0 Å². The van der Waals surface area contributed by atoms with Crippen LogP contribution in [0.3, 0.4) is 0 Å². The van der Waals surface area contributed by atoms with Crippen molar-refractivity contribution in [1.82, 2.24) is 0 Å². The van der Waals surface area contributed by atoms with Crippen LogP contribution in [0.2, 0.25) is 0 Å². The number of carbonyl (C=O) groups excluding carboxylic acids is 1. The fourth-order valence-corrected chi connectivity index (χ4v) is 2.27. The highest BCUT2D eigenvalue weighted by molar-refractivity contribution is 5.94. The van der Waals surface area contributed by atoms with Crippen LogP contribution < -0.4 is 15.8 Å². The van der Waals surface area contributed by atoms with Gasteiger partial charge < -0.3 is 15.8 Å². The summed E-state index contributed by atoms with van der Waals surface area (Å²) in [7, 11) is 0. The van der Waals surface area contributed by atoms with Gasteiger partial charge in [-0.1, -0.05) is 43.7 Å². The van der Waals surface area contributed by atoms with Crippen molar-refractivity contribution < 1.29 is 9.53 Å². The van der Waals surface area contributed by atoms with E-state index >= 15 is 0 Å². The van der Waals surface area contributed by atoms with Crippen LogP contribution in [-0.4, -0.2) is 11.9 Å². The first-order chi connectivity index (χ1) is 11.1. The maximum Gasteiger partial charge on any atom is 0.241 e. The van der Waals surface area contributed by atoms with E-state index in [1.807, 2.05) is 49.4 Å². The van der Waals surface area contributed by atoms with Gasteiger partial charge in [0.25, 0.3) is 0 Å². The topological polar surface area (TPSA) is 64.4 Å². The van der Waals surface area contributed by atoms with Crippen molar-refractivity contribution in [2.75, 3.05) is 5.32 Å². The molecule has 0 aliphatic rings. The molecule has 130 valence electrons. The van der Waals surface area contributed by atoms with Gasteiger partial charge in [-0.2, -0.15) is 0 Å². The standard InChI is InChI=1S/C19H24N2O2.ClH/c1-3-7-18(20)19(22)21-16-10-6-11-17(12-16)23-13-15-9-5-4-8-14(15)2;/h4-6,8-12,18H,3,7,13,20H2,1-2H3,(H,21,22);1H. The number of rotatable bonds is 7. The fraction of sp³-hybridized carbons (Fsp3) is 0.316. The number of ether oxygens (including phenoxy) is 1. The lowest BCUT2D eigenvalue weighted by atomic mass is 10.1. The van der Waals surface area contributed by atoms with Gasteiger partial charge in [-0.15, -0.1) is 12.4 Å². The van der Waals surface area contributed by atoms with Gasteiger partial charge in [0.2, 0.25) is 5.91 Å². The first-order valence-electron chi connectivity index (χ1n) is 7.94. The number of aryl methyl sites for hydroxylation is 1. The maximum absolute atomic E-state index is 12.0. The van der Waals surface area contributed by atoms with Crippen LogP contribution >= 0.6 is 12.4 Å². The molecule has 4 nitrogen and oxygen atoms in total. The monoisotopic (exact) mass is 348 g/mol. The second-order valence-electron chi connectivity index (χ2n) is 5.63. The highest BCUT2D eigenvalue weighted by Crippen LogP contribution is 2.19. The van der Waals surface area contributed by atoms with Gasteiger partial charge in [0.1, 0.15) is 12.4 Å². The number of nitrogens with two attached hydrogens (primary N) is 1. The summed E-state index contributed by atoms with van der Waals surface area (Å²) in [5, 5.41) is 2.83. The first-order valence-corrected chi connectivity index (χ1v) is 7.94. The second kappa shape index (κ2) is 9.96. The number of anilines is 1. The van der Waals surface area contributed by atoms with E-state index in [1.54, 1.807) is 0 Å². The van der Waals surface area contributed by atoms with E-state index in [0.717, 1.165) is 17.7 Å². The van der Waals surface area contributed by atoms with E-state index < -0.39 is 6.04 Å². The van der Waals surface area contributed by atoms with Crippen LogP contribution in [0.5, 0.6) is 5.75 Å². The quantitative estimate of drug-likeness (QED) is 0.793. The van der Waals surface area contributed by atoms with Gasteiger partial charge in [-0.3, -0.25) is 4.79 Å². The lowest BCUT2D eigenvalue weighted by Gasteiger charge is -2.13. The van der Waals surface area contributed by atoms with Gasteiger partial charge >= 0.3 is 0 Å². The lowest BCUT2D eigenvalue weighted by Crippen LogP contribution is -2.35. The predicted octanol–water partition coefficient (Wildman–Crippen LogP) is 4.06. The Hall–Kier alpha value is -2.04. The number of nitrogens with one attached hydrogen (secondary N) is 1. The summed E-state index contributed by atoms with van der Waals surface area (Å²) in [4.78, 5) is 12.0. The minimum Gasteiger partial charge on any atom is -0.489 e. The average Bonchev–Trinajstić information content (AvgIpc) is 2.54. The van der Waals surface area contributed by atoms with Crippen molar-refractivity contribution in [2.45, 2.75) is 39.3 Å². The van der Waals surface area contributed by atoms with Crippen LogP contribution in [0, 0.1) is 6.92 Å². The van der Waals surface area contributed by atoms with Crippen LogP contribution in [0.25, 0.3) is 0 Å². The number of halogens is 1. The van der Waals surface area contributed by atoms with E-state index in [1.165, 1.54) is 5.56 Å². The zero-order chi connectivity index (χ0) is 16.7. The first kappa shape index (κ1) is 20.0. The molecule has 24 heavy (non-hydrogen) atoms. The smallest absolute Gasteiger partial charge is 0.241 e. The maximum atomic E-state index is 12.0. The molecule has 0 heterocycles. The van der Waals surface area contributed by atoms with Gasteiger partial charge in [0.05, 0.1) is 6.04 Å². The van der Waals surface area contributed by atoms with Crippen molar-refractivity contribution in [3.05, 3.63) is 59.7 Å². The molecule has 0 saturated carbocycles. The third kappa shape index (κ3) is 5.87. The fourth-order valence-electron chi connectivity index (χ4n) is 2.27. The van der Waals surface area contributed by atoms with Crippen molar-refractivity contribution in [3.63, 3.8) is 0 Å². The highest BCUT2D eigenvalue weighted by Gasteiger charge is 2.12. The van der Waals surface area contributed by atoms with Gasteiger partial charge in [0.15, 0.2) is 0 Å². The van der Waals surface area contributed by atoms with Gasteiger partial charge in [-0.05, 0) is 36.6 Å². The van der Waals surface area contributed by atoms with Crippen molar-refractivity contribution in [1.29, 1.82) is 0 Å². The van der Waals surface area contributed by atoms with E-state index in [4.69, 9.17) is 10.5 Å². The molecule has 3 N–H and O–H groups in total. The molecule has 0 aliphatic heterocycles. The Morgan fingerprint density at radius 2 is 1.96 bits per heavy atom. The predicted molar refractivity (Wildman–Crippen MR) is 101 cm³/mol. The van der Waals surface area contributed by atoms with E-state index in [0.29, 0.717) is 18.7 Å². The molecule has 0 aromatic heterocycles. The minimum atomic E-state index is -0.475. The summed E-state index contributed by atoms with van der Waals surface area (Å²) < 4.78 is 5.82. The minimum absolute atomic E-state index is 0. The third-order valence-corrected chi connectivity index (χ3v) is 3.69. The Balaban J connectivity index is 0.00000288. The zero-order valence-corrected chi connectivity index (χ0v) is 14.9. The summed E-state index contributed by atoms with van der Waals surface area (Å²) in [5.41, 5.74) is 8.86. The Bertz CT molecular complexity index is 661. The molecule has 2 rings (SSSR count). The zero-order valence-electron chi connectivity index (χ0n) is 14.1. The molecular formula is C19H25ClN2O2. The van der Waals surface area contributed by atoms with Gasteiger partial charge in [0, 0.05) is 11.8 Å². The number of benzene rings is 2. The highest BCUT2D eigenvalue weighted by atomic mass is 35.5. The van der Waals surface area contributed by atoms with Crippen molar-refractivity contribution in [2.24, 2.45) is 5.73 Å². The molecule has 1 unspecified atom stereocenters. The molecule has 1 atom stereocenters. The normalized spacial score (nSPS) is 11.3. The van der Waals surface area contributed by atoms with Crippen molar-refractivity contribution in [3.8, 4) is 5.75 Å². The SMILES string of the molecule is CCCC(N)C(=O)Nc1cccc(OCc2ccccc2C)c1.Cl. The van der Waals surface area contributed by atoms with Crippen LogP contribution in [0.15, 0.2) is 48.5 Å². The lowest BCUT2D eigenvalue weighted by molar-refractivity contribution is -0.117. The number of hydrogen-bond donors (Lipinski definition) is 2. The second-order valence-corrected chi connectivity index (χ2v) is 5.63.